The van der Waals surface area contributed by atoms with Gasteiger partial charge in [-0.3, -0.25) is 9.59 Å². The molecule has 0 radical (unpaired) electrons. The Balaban J connectivity index is 2.11. The van der Waals surface area contributed by atoms with Crippen molar-refractivity contribution in [3.05, 3.63) is 83.9 Å². The molecule has 170 valence electrons. The van der Waals surface area contributed by atoms with Crippen LogP contribution in [0, 0.1) is 0 Å². The van der Waals surface area contributed by atoms with E-state index >= 15 is 0 Å². The fourth-order valence-corrected chi connectivity index (χ4v) is 3.91. The smallest absolute Gasteiger partial charge is 0.279 e. The Kier molecular flexibility index (Phi) is 6.50. The van der Waals surface area contributed by atoms with Crippen LogP contribution in [0.15, 0.2) is 82.8 Å². The number of hydrogen-bond donors (Lipinski definition) is 0. The second-order valence-electron chi connectivity index (χ2n) is 8.45. The summed E-state index contributed by atoms with van der Waals surface area (Å²) in [4.78, 5) is 38.3. The molecule has 4 rings (SSSR count). The van der Waals surface area contributed by atoms with Crippen LogP contribution >= 0.6 is 0 Å². The minimum absolute atomic E-state index is 0.377. The molecule has 0 fully saturated rings. The van der Waals surface area contributed by atoms with Crippen LogP contribution in [0.2, 0.25) is 0 Å². The highest BCUT2D eigenvalue weighted by atomic mass is 16.1. The lowest BCUT2D eigenvalue weighted by Crippen LogP contribution is -2.11. The molecule has 0 aliphatic carbocycles. The number of benzene rings is 4. The monoisotopic (exact) mass is 450 g/mol. The van der Waals surface area contributed by atoms with Gasteiger partial charge < -0.3 is 9.80 Å². The first kappa shape index (κ1) is 22.9. The molecule has 2 amide bonds. The van der Waals surface area contributed by atoms with Crippen LogP contribution in [-0.2, 0) is 0 Å². The summed E-state index contributed by atoms with van der Waals surface area (Å²) in [6.07, 6.45) is 2.97. The number of hydrogen-bond acceptors (Lipinski definition) is 2. The third-order valence-corrected chi connectivity index (χ3v) is 5.38. The van der Waals surface area contributed by atoms with E-state index in [4.69, 9.17) is 0 Å². The maximum absolute atomic E-state index is 13.3. The zero-order valence-electron chi connectivity index (χ0n) is 19.7. The molecule has 0 aliphatic rings. The van der Waals surface area contributed by atoms with Gasteiger partial charge in [-0.25, -0.2) is 0 Å². The normalized spacial score (nSPS) is 11.5. The van der Waals surface area contributed by atoms with Crippen LogP contribution in [0.25, 0.3) is 32.7 Å². The molecule has 0 N–H and O–H groups in total. The fraction of sp³-hybridized carbons (Fsp3) is 0.143. The zero-order valence-corrected chi connectivity index (χ0v) is 19.7. The molecule has 6 heteroatoms. The van der Waals surface area contributed by atoms with Gasteiger partial charge in [-0.15, -0.1) is 0 Å². The summed E-state index contributed by atoms with van der Waals surface area (Å²) in [5.74, 6) is -0.754. The second kappa shape index (κ2) is 9.67. The van der Waals surface area contributed by atoms with Crippen molar-refractivity contribution < 1.29 is 9.59 Å². The van der Waals surface area contributed by atoms with Crippen LogP contribution in [-0.4, -0.2) is 62.5 Å². The SMILES string of the molecule is CN(C)C=NC(=O)c1ccc2ccccc2c1-c1c(C(=O)N=CN(C)C)ccc2ccccc12. The Morgan fingerprint density at radius 2 is 0.971 bits per heavy atom. The van der Waals surface area contributed by atoms with Gasteiger partial charge in [0.1, 0.15) is 0 Å². The lowest BCUT2D eigenvalue weighted by Gasteiger charge is -2.17. The minimum Gasteiger partial charge on any atom is -0.369 e. The van der Waals surface area contributed by atoms with Crippen LogP contribution in [0.5, 0.6) is 0 Å². The molecule has 0 saturated carbocycles. The second-order valence-corrected chi connectivity index (χ2v) is 8.45. The van der Waals surface area contributed by atoms with E-state index in [9.17, 15) is 9.59 Å². The molecule has 0 aliphatic heterocycles. The van der Waals surface area contributed by atoms with Crippen LogP contribution < -0.4 is 0 Å². The maximum Gasteiger partial charge on any atom is 0.279 e. The lowest BCUT2D eigenvalue weighted by atomic mass is 9.86. The molecule has 4 aromatic rings. The molecule has 0 heterocycles. The molecule has 0 saturated heterocycles. The number of amides is 2. The summed E-state index contributed by atoms with van der Waals surface area (Å²) in [5, 5.41) is 3.67. The van der Waals surface area contributed by atoms with E-state index in [0.29, 0.717) is 22.3 Å². The fourth-order valence-electron chi connectivity index (χ4n) is 3.91. The first-order valence-corrected chi connectivity index (χ1v) is 10.9. The number of aliphatic imine (C=N–C) groups is 2. The van der Waals surface area contributed by atoms with Crippen molar-refractivity contribution in [1.29, 1.82) is 0 Å². The van der Waals surface area contributed by atoms with Gasteiger partial charge in [-0.05, 0) is 33.7 Å². The Bertz CT molecular complexity index is 1340. The van der Waals surface area contributed by atoms with Crippen LogP contribution in [0.4, 0.5) is 0 Å². The summed E-state index contributed by atoms with van der Waals surface area (Å²) in [6.45, 7) is 0. The van der Waals surface area contributed by atoms with Crippen LogP contribution in [0.1, 0.15) is 20.7 Å². The van der Waals surface area contributed by atoms with Gasteiger partial charge in [0.15, 0.2) is 0 Å². The summed E-state index contributed by atoms with van der Waals surface area (Å²) in [5.41, 5.74) is 2.22. The molecule has 6 nitrogen and oxygen atoms in total. The molecular weight excluding hydrogens is 424 g/mol. The average Bonchev–Trinajstić information content (AvgIpc) is 2.84. The highest BCUT2D eigenvalue weighted by molar-refractivity contribution is 6.20. The Labute approximate surface area is 198 Å². The number of carbonyl (C=O) groups excluding carboxylic acids is 2. The van der Waals surface area contributed by atoms with Crippen molar-refractivity contribution >= 4 is 46.0 Å². The number of fused-ring (bicyclic) bond motifs is 2. The van der Waals surface area contributed by atoms with E-state index in [-0.39, 0.29) is 11.8 Å². The molecular formula is C28H26N4O2. The van der Waals surface area contributed by atoms with Crippen molar-refractivity contribution in [3.8, 4) is 11.1 Å². The number of rotatable bonds is 5. The molecule has 0 atom stereocenters. The largest absolute Gasteiger partial charge is 0.369 e. The van der Waals surface area contributed by atoms with Gasteiger partial charge in [0.25, 0.3) is 11.8 Å². The lowest BCUT2D eigenvalue weighted by molar-refractivity contribution is 0.0993. The molecule has 0 spiro atoms. The third kappa shape index (κ3) is 4.57. The van der Waals surface area contributed by atoms with E-state index in [1.54, 1.807) is 21.9 Å². The van der Waals surface area contributed by atoms with E-state index in [1.165, 1.54) is 12.7 Å². The quantitative estimate of drug-likeness (QED) is 0.313. The third-order valence-electron chi connectivity index (χ3n) is 5.38. The maximum atomic E-state index is 13.3. The molecule has 4 aromatic carbocycles. The van der Waals surface area contributed by atoms with Crippen molar-refractivity contribution in [1.82, 2.24) is 9.80 Å². The molecule has 0 bridgehead atoms. The summed E-state index contributed by atoms with van der Waals surface area (Å²) in [6, 6.07) is 23.1. The molecule has 34 heavy (non-hydrogen) atoms. The van der Waals surface area contributed by atoms with E-state index in [2.05, 4.69) is 9.98 Å². The Morgan fingerprint density at radius 3 is 1.35 bits per heavy atom. The standard InChI is InChI=1S/C28H26N4O2/c1-31(2)17-29-27(33)23-15-13-19-9-5-7-11-21(19)25(23)26-22-12-8-6-10-20(22)14-16-24(26)28(34)30-18-32(3)4/h5-18H,1-4H3. The predicted octanol–water partition coefficient (Wildman–Crippen LogP) is 5.12. The van der Waals surface area contributed by atoms with Crippen molar-refractivity contribution in [2.75, 3.05) is 28.2 Å². The zero-order chi connectivity index (χ0) is 24.2. The average molecular weight is 451 g/mol. The van der Waals surface area contributed by atoms with Gasteiger partial charge >= 0.3 is 0 Å². The van der Waals surface area contributed by atoms with E-state index in [0.717, 1.165) is 21.5 Å². The van der Waals surface area contributed by atoms with Crippen molar-refractivity contribution in [2.24, 2.45) is 9.98 Å². The van der Waals surface area contributed by atoms with Crippen molar-refractivity contribution in [3.63, 3.8) is 0 Å². The highest BCUT2D eigenvalue weighted by Crippen LogP contribution is 2.39. The highest BCUT2D eigenvalue weighted by Gasteiger charge is 2.22. The topological polar surface area (TPSA) is 65.3 Å². The minimum atomic E-state index is -0.377. The summed E-state index contributed by atoms with van der Waals surface area (Å²) >= 11 is 0. The van der Waals surface area contributed by atoms with Gasteiger partial charge in [0, 0.05) is 39.3 Å². The molecule has 0 aromatic heterocycles. The Hall–Kier alpha value is -4.32. The van der Waals surface area contributed by atoms with Gasteiger partial charge in [-0.1, -0.05) is 60.7 Å². The van der Waals surface area contributed by atoms with Gasteiger partial charge in [0.05, 0.1) is 23.8 Å². The predicted molar refractivity (Wildman–Crippen MR) is 140 cm³/mol. The van der Waals surface area contributed by atoms with Gasteiger partial charge in [-0.2, -0.15) is 9.98 Å². The first-order valence-electron chi connectivity index (χ1n) is 10.9. The van der Waals surface area contributed by atoms with Crippen molar-refractivity contribution in [2.45, 2.75) is 0 Å². The summed E-state index contributed by atoms with van der Waals surface area (Å²) < 4.78 is 0. The van der Waals surface area contributed by atoms with Gasteiger partial charge in [0.2, 0.25) is 0 Å². The number of carbonyl (C=O) groups is 2. The Morgan fingerprint density at radius 1 is 0.588 bits per heavy atom. The first-order chi connectivity index (χ1) is 16.4. The molecule has 0 unspecified atom stereocenters. The summed E-state index contributed by atoms with van der Waals surface area (Å²) in [7, 11) is 7.23. The van der Waals surface area contributed by atoms with E-state index in [1.807, 2.05) is 88.9 Å². The number of nitrogens with zero attached hydrogens (tertiary/aromatic N) is 4. The van der Waals surface area contributed by atoms with Crippen LogP contribution in [0.3, 0.4) is 0 Å². The van der Waals surface area contributed by atoms with E-state index < -0.39 is 0 Å².